The Labute approximate surface area is 221 Å². The molecule has 37 heavy (non-hydrogen) atoms. The van der Waals surface area contributed by atoms with Crippen molar-refractivity contribution >= 4 is 17.8 Å². The van der Waals surface area contributed by atoms with Crippen LogP contribution in [0.25, 0.3) is 0 Å². The van der Waals surface area contributed by atoms with Gasteiger partial charge in [-0.1, -0.05) is 0 Å². The predicted molar refractivity (Wildman–Crippen MR) is 143 cm³/mol. The van der Waals surface area contributed by atoms with Gasteiger partial charge < -0.3 is 36.2 Å². The molecule has 0 amide bonds. The topological polar surface area (TPSA) is 153 Å². The number of piperidine rings is 2. The van der Waals surface area contributed by atoms with Crippen molar-refractivity contribution in [3.63, 3.8) is 0 Å². The lowest BCUT2D eigenvalue weighted by Crippen LogP contribution is -2.61. The lowest BCUT2D eigenvalue weighted by Gasteiger charge is -2.51. The Bertz CT molecular complexity index is 822. The van der Waals surface area contributed by atoms with Crippen molar-refractivity contribution in [2.45, 2.75) is 115 Å². The molecule has 2 saturated heterocycles. The van der Waals surface area contributed by atoms with Gasteiger partial charge in [0.25, 0.3) is 0 Å². The van der Waals surface area contributed by atoms with Crippen molar-refractivity contribution in [3.8, 4) is 0 Å². The zero-order valence-corrected chi connectivity index (χ0v) is 23.8. The molecular weight excluding hydrogens is 476 g/mol. The van der Waals surface area contributed by atoms with Crippen LogP contribution in [0.2, 0.25) is 0 Å². The van der Waals surface area contributed by atoms with Gasteiger partial charge in [-0.25, -0.2) is 0 Å². The molecule has 0 saturated carbocycles. The van der Waals surface area contributed by atoms with Crippen LogP contribution in [0.15, 0.2) is 0 Å². The maximum Gasteiger partial charge on any atom is 0.232 e. The maximum atomic E-state index is 10.7. The van der Waals surface area contributed by atoms with Crippen molar-refractivity contribution in [2.24, 2.45) is 0 Å². The van der Waals surface area contributed by atoms with Gasteiger partial charge in [0, 0.05) is 47.3 Å². The molecule has 3 heterocycles. The Morgan fingerprint density at radius 2 is 1.00 bits per heavy atom. The zero-order chi connectivity index (χ0) is 27.8. The average molecular weight is 525 g/mol. The van der Waals surface area contributed by atoms with Crippen LogP contribution in [-0.4, -0.2) is 106 Å². The van der Waals surface area contributed by atoms with Gasteiger partial charge >= 0.3 is 0 Å². The first-order chi connectivity index (χ1) is 17.0. The molecule has 0 aromatic carbocycles. The van der Waals surface area contributed by atoms with Gasteiger partial charge in [0.15, 0.2) is 0 Å². The molecule has 1 aromatic rings. The van der Waals surface area contributed by atoms with Gasteiger partial charge in [-0.15, -0.1) is 0 Å². The lowest BCUT2D eigenvalue weighted by atomic mass is 9.79. The normalized spacial score (nSPS) is 24.1. The average Bonchev–Trinajstić information content (AvgIpc) is 2.74. The molecule has 3 rings (SSSR count). The summed E-state index contributed by atoms with van der Waals surface area (Å²) in [7, 11) is 0. The Balaban J connectivity index is 1.92. The summed E-state index contributed by atoms with van der Waals surface area (Å²) in [6.07, 6.45) is 2.74. The minimum atomic E-state index is -0.439. The maximum absolute atomic E-state index is 10.7. The monoisotopic (exact) mass is 524 g/mol. The van der Waals surface area contributed by atoms with Crippen LogP contribution in [0.1, 0.15) is 81.1 Å². The van der Waals surface area contributed by atoms with Gasteiger partial charge in [0.2, 0.25) is 17.8 Å². The van der Waals surface area contributed by atoms with Crippen LogP contribution >= 0.6 is 0 Å². The van der Waals surface area contributed by atoms with Crippen molar-refractivity contribution < 1.29 is 20.6 Å². The molecule has 0 unspecified atom stereocenters. The van der Waals surface area contributed by atoms with E-state index in [1.165, 1.54) is 10.1 Å². The molecule has 2 fully saturated rings. The Morgan fingerprint density at radius 3 is 1.30 bits per heavy atom. The summed E-state index contributed by atoms with van der Waals surface area (Å²) >= 11 is 0. The van der Waals surface area contributed by atoms with E-state index in [0.29, 0.717) is 43.5 Å². The molecule has 0 radical (unpaired) electrons. The van der Waals surface area contributed by atoms with Gasteiger partial charge in [-0.2, -0.15) is 25.1 Å². The fourth-order valence-corrected chi connectivity index (χ4v) is 6.30. The number of hydroxylamine groups is 4. The first-order valence-electron chi connectivity index (χ1n) is 13.2. The number of hydrogen-bond acceptors (Lipinski definition) is 12. The lowest BCUT2D eigenvalue weighted by molar-refractivity contribution is -0.243. The smallest absolute Gasteiger partial charge is 0.232 e. The molecule has 12 heteroatoms. The quantitative estimate of drug-likeness (QED) is 0.281. The number of nitrogens with one attached hydrogen (secondary N) is 2. The van der Waals surface area contributed by atoms with E-state index in [1.807, 2.05) is 55.4 Å². The SMILES string of the molecule is CC1(C)CC(Nc2nc(NC3CC(C)(C)N(O)C(C)(C)C3)nc(N(CCO)CCO)n2)CC(C)(C)N1O. The summed E-state index contributed by atoms with van der Waals surface area (Å²) in [6.45, 7) is 16.4. The summed E-state index contributed by atoms with van der Waals surface area (Å²) in [5, 5.41) is 50.4. The van der Waals surface area contributed by atoms with Crippen LogP contribution in [0, 0.1) is 0 Å². The first-order valence-corrected chi connectivity index (χ1v) is 13.2. The highest BCUT2D eigenvalue weighted by atomic mass is 16.5. The van der Waals surface area contributed by atoms with Crippen LogP contribution in [0.3, 0.4) is 0 Å². The van der Waals surface area contributed by atoms with Crippen molar-refractivity contribution in [1.82, 2.24) is 25.1 Å². The summed E-state index contributed by atoms with van der Waals surface area (Å²) in [5.74, 6) is 1.16. The third kappa shape index (κ3) is 6.79. The fourth-order valence-electron chi connectivity index (χ4n) is 6.30. The van der Waals surface area contributed by atoms with E-state index in [0.717, 1.165) is 0 Å². The standard InChI is InChI=1S/C25H48N8O4/c1-22(2)13-17(14-23(3,4)32(22)36)26-19-28-20(30-21(29-19)31(9-11-34)10-12-35)27-18-15-24(5,6)33(37)25(7,8)16-18/h17-18,34-37H,9-16H2,1-8H3,(H2,26,27,28,29,30). The van der Waals surface area contributed by atoms with E-state index in [1.54, 1.807) is 4.90 Å². The van der Waals surface area contributed by atoms with Gasteiger partial charge in [-0.3, -0.25) is 0 Å². The molecule has 0 bridgehead atoms. The number of aromatic nitrogens is 3. The van der Waals surface area contributed by atoms with Gasteiger partial charge in [0.1, 0.15) is 0 Å². The molecule has 212 valence electrons. The summed E-state index contributed by atoms with van der Waals surface area (Å²) in [5.41, 5.74) is -1.76. The highest BCUT2D eigenvalue weighted by Crippen LogP contribution is 2.39. The Kier molecular flexibility index (Phi) is 8.63. The fraction of sp³-hybridized carbons (Fsp3) is 0.880. The molecule has 1 aromatic heterocycles. The number of nitrogens with zero attached hydrogens (tertiary/aromatic N) is 6. The molecule has 0 atom stereocenters. The summed E-state index contributed by atoms with van der Waals surface area (Å²) in [4.78, 5) is 15.7. The summed E-state index contributed by atoms with van der Waals surface area (Å²) < 4.78 is 0. The Morgan fingerprint density at radius 1 is 0.676 bits per heavy atom. The largest absolute Gasteiger partial charge is 0.395 e. The number of rotatable bonds is 9. The van der Waals surface area contributed by atoms with Crippen LogP contribution in [0.5, 0.6) is 0 Å². The molecule has 6 N–H and O–H groups in total. The van der Waals surface area contributed by atoms with Crippen LogP contribution in [-0.2, 0) is 0 Å². The van der Waals surface area contributed by atoms with Crippen molar-refractivity contribution in [3.05, 3.63) is 0 Å². The zero-order valence-electron chi connectivity index (χ0n) is 23.8. The van der Waals surface area contributed by atoms with E-state index < -0.39 is 22.2 Å². The minimum absolute atomic E-state index is 0.0103. The third-order valence-electron chi connectivity index (χ3n) is 7.59. The van der Waals surface area contributed by atoms with E-state index in [9.17, 15) is 20.6 Å². The minimum Gasteiger partial charge on any atom is -0.395 e. The molecule has 12 nitrogen and oxygen atoms in total. The molecule has 0 aliphatic carbocycles. The number of hydrogen-bond donors (Lipinski definition) is 6. The molecular formula is C25H48N8O4. The predicted octanol–water partition coefficient (Wildman–Crippen LogP) is 2.31. The molecule has 2 aliphatic rings. The molecule has 2 aliphatic heterocycles. The van der Waals surface area contributed by atoms with E-state index in [2.05, 4.69) is 20.6 Å². The van der Waals surface area contributed by atoms with Gasteiger partial charge in [-0.05, 0) is 81.1 Å². The van der Waals surface area contributed by atoms with Crippen LogP contribution in [0.4, 0.5) is 17.8 Å². The third-order valence-corrected chi connectivity index (χ3v) is 7.59. The second kappa shape index (κ2) is 10.7. The van der Waals surface area contributed by atoms with E-state index in [4.69, 9.17) is 4.98 Å². The highest BCUT2D eigenvalue weighted by molar-refractivity contribution is 5.45. The van der Waals surface area contributed by atoms with Crippen LogP contribution < -0.4 is 15.5 Å². The number of anilines is 3. The number of aliphatic hydroxyl groups excluding tert-OH is 2. The van der Waals surface area contributed by atoms with E-state index >= 15 is 0 Å². The van der Waals surface area contributed by atoms with Crippen molar-refractivity contribution in [1.29, 1.82) is 0 Å². The molecule has 0 spiro atoms. The second-order valence-electron chi connectivity index (χ2n) is 13.1. The van der Waals surface area contributed by atoms with E-state index in [-0.39, 0.29) is 38.4 Å². The highest BCUT2D eigenvalue weighted by Gasteiger charge is 2.46. The second-order valence-corrected chi connectivity index (χ2v) is 13.1. The first kappa shape index (κ1) is 29.7. The summed E-state index contributed by atoms with van der Waals surface area (Å²) in [6, 6.07) is 0.0206. The Hall–Kier alpha value is -1.83. The number of aliphatic hydroxyl groups is 2. The van der Waals surface area contributed by atoms with Crippen molar-refractivity contribution in [2.75, 3.05) is 41.8 Å². The van der Waals surface area contributed by atoms with Gasteiger partial charge in [0.05, 0.1) is 13.2 Å².